The number of aromatic hydroxyl groups is 1. The Labute approximate surface area is 183 Å². The van der Waals surface area contributed by atoms with E-state index in [1.165, 1.54) is 4.57 Å². The molecule has 1 aromatic heterocycles. The molecule has 2 N–H and O–H groups in total. The topological polar surface area (TPSA) is 70.4 Å². The molecular weight excluding hydrogens is 406 g/mol. The number of aromatic amines is 1. The summed E-state index contributed by atoms with van der Waals surface area (Å²) < 4.78 is 1.57. The molecule has 4 aromatic rings. The second-order valence-corrected chi connectivity index (χ2v) is 7.46. The van der Waals surface area contributed by atoms with E-state index in [0.717, 1.165) is 28.1 Å². The molecule has 0 radical (unpaired) electrons. The SMILES string of the molecule is O=c1[nH]c(=S)n(-c2ccccc2)c(O)c1C=C1C(c2ccccc2)=Nc2ccccc21. The minimum Gasteiger partial charge on any atom is -0.494 e. The number of aliphatic imine (C=N–C) groups is 1. The van der Waals surface area contributed by atoms with E-state index >= 15 is 0 Å². The van der Waals surface area contributed by atoms with Gasteiger partial charge in [-0.15, -0.1) is 0 Å². The Hall–Kier alpha value is -4.03. The lowest BCUT2D eigenvalue weighted by atomic mass is 9.96. The lowest BCUT2D eigenvalue weighted by Gasteiger charge is -2.12. The first-order valence-electron chi connectivity index (χ1n) is 9.73. The van der Waals surface area contributed by atoms with Crippen LogP contribution in [0.1, 0.15) is 16.7 Å². The maximum atomic E-state index is 12.8. The maximum absolute atomic E-state index is 12.8. The first-order valence-corrected chi connectivity index (χ1v) is 10.1. The molecule has 0 atom stereocenters. The fraction of sp³-hybridized carbons (Fsp3) is 0. The van der Waals surface area contributed by atoms with Gasteiger partial charge in [-0.3, -0.25) is 14.3 Å². The average Bonchev–Trinajstić information content (AvgIpc) is 3.16. The van der Waals surface area contributed by atoms with Crippen LogP contribution in [0.4, 0.5) is 5.69 Å². The summed E-state index contributed by atoms with van der Waals surface area (Å²) in [6.45, 7) is 0. The molecule has 0 aliphatic carbocycles. The van der Waals surface area contributed by atoms with E-state index in [1.54, 1.807) is 6.08 Å². The van der Waals surface area contributed by atoms with Crippen LogP contribution < -0.4 is 5.56 Å². The molecule has 5 nitrogen and oxygen atoms in total. The molecule has 5 rings (SSSR count). The Morgan fingerprint density at radius 3 is 2.29 bits per heavy atom. The number of nitrogens with zero attached hydrogens (tertiary/aromatic N) is 2. The summed E-state index contributed by atoms with van der Waals surface area (Å²) in [5, 5.41) is 11.1. The van der Waals surface area contributed by atoms with E-state index in [0.29, 0.717) is 5.69 Å². The van der Waals surface area contributed by atoms with Gasteiger partial charge in [-0.25, -0.2) is 4.99 Å². The van der Waals surface area contributed by atoms with Crippen LogP contribution in [0.2, 0.25) is 0 Å². The maximum Gasteiger partial charge on any atom is 0.262 e. The van der Waals surface area contributed by atoms with Crippen LogP contribution in [0.5, 0.6) is 5.88 Å². The first kappa shape index (κ1) is 19.0. The number of aromatic nitrogens is 2. The molecule has 2 heterocycles. The van der Waals surface area contributed by atoms with Crippen molar-refractivity contribution in [1.82, 2.24) is 9.55 Å². The smallest absolute Gasteiger partial charge is 0.262 e. The molecule has 150 valence electrons. The van der Waals surface area contributed by atoms with Crippen LogP contribution in [0.15, 0.2) is 94.7 Å². The van der Waals surface area contributed by atoms with E-state index in [9.17, 15) is 9.90 Å². The number of hydrogen-bond donors (Lipinski definition) is 2. The van der Waals surface area contributed by atoms with Gasteiger partial charge in [0.25, 0.3) is 5.56 Å². The van der Waals surface area contributed by atoms with Crippen LogP contribution in [0.3, 0.4) is 0 Å². The number of fused-ring (bicyclic) bond motifs is 1. The second kappa shape index (κ2) is 7.66. The fourth-order valence-corrected chi connectivity index (χ4v) is 3.98. The van der Waals surface area contributed by atoms with Crippen molar-refractivity contribution < 1.29 is 5.11 Å². The van der Waals surface area contributed by atoms with Crippen molar-refractivity contribution in [3.05, 3.63) is 117 Å². The molecule has 0 saturated heterocycles. The average molecular weight is 423 g/mol. The van der Waals surface area contributed by atoms with E-state index in [4.69, 9.17) is 17.2 Å². The molecule has 0 fully saturated rings. The highest BCUT2D eigenvalue weighted by Gasteiger charge is 2.23. The molecule has 1 aliphatic rings. The molecule has 0 bridgehead atoms. The van der Waals surface area contributed by atoms with Crippen LogP contribution in [-0.4, -0.2) is 20.4 Å². The summed E-state index contributed by atoms with van der Waals surface area (Å²) >= 11 is 5.32. The molecule has 0 unspecified atom stereocenters. The molecule has 0 spiro atoms. The standard InChI is InChI=1S/C25H17N3O2S/c29-23-20(24(30)28(25(31)27-23)17-11-5-2-6-12-17)15-19-18-13-7-8-14-21(18)26-22(19)16-9-3-1-4-10-16/h1-15,30H,(H,27,29,31). The zero-order valence-corrected chi connectivity index (χ0v) is 17.1. The second-order valence-electron chi connectivity index (χ2n) is 7.07. The largest absolute Gasteiger partial charge is 0.494 e. The van der Waals surface area contributed by atoms with Crippen molar-refractivity contribution in [2.45, 2.75) is 0 Å². The van der Waals surface area contributed by atoms with Crippen molar-refractivity contribution >= 4 is 35.3 Å². The molecule has 0 amide bonds. The quantitative estimate of drug-likeness (QED) is 0.441. The number of nitrogens with one attached hydrogen (secondary N) is 1. The molecule has 0 saturated carbocycles. The van der Waals surface area contributed by atoms with Gasteiger partial charge >= 0.3 is 0 Å². The van der Waals surface area contributed by atoms with Gasteiger partial charge in [0.15, 0.2) is 4.77 Å². The highest BCUT2D eigenvalue weighted by Crippen LogP contribution is 2.38. The lowest BCUT2D eigenvalue weighted by molar-refractivity contribution is 0.432. The Morgan fingerprint density at radius 1 is 0.903 bits per heavy atom. The summed E-state index contributed by atoms with van der Waals surface area (Å²) in [5.74, 6) is -0.218. The number of hydrogen-bond acceptors (Lipinski definition) is 4. The van der Waals surface area contributed by atoms with Gasteiger partial charge in [0.1, 0.15) is 5.56 Å². The normalized spacial score (nSPS) is 13.8. The number of allylic oxidation sites excluding steroid dienone is 1. The van der Waals surface area contributed by atoms with Crippen LogP contribution in [-0.2, 0) is 0 Å². The Kier molecular flexibility index (Phi) is 4.69. The third-order valence-electron chi connectivity index (χ3n) is 5.15. The van der Waals surface area contributed by atoms with Gasteiger partial charge in [0.2, 0.25) is 5.88 Å². The Morgan fingerprint density at radius 2 is 1.55 bits per heavy atom. The number of para-hydroxylation sites is 2. The fourth-order valence-electron chi connectivity index (χ4n) is 3.70. The molecule has 31 heavy (non-hydrogen) atoms. The minimum atomic E-state index is -0.459. The summed E-state index contributed by atoms with van der Waals surface area (Å²) in [6, 6.07) is 26.7. The number of benzene rings is 3. The van der Waals surface area contributed by atoms with Crippen molar-refractivity contribution in [1.29, 1.82) is 0 Å². The number of rotatable bonds is 3. The van der Waals surface area contributed by atoms with Gasteiger partial charge < -0.3 is 5.11 Å². The monoisotopic (exact) mass is 423 g/mol. The minimum absolute atomic E-state index is 0.118. The third kappa shape index (κ3) is 3.33. The van der Waals surface area contributed by atoms with Crippen LogP contribution in [0, 0.1) is 4.77 Å². The summed E-state index contributed by atoms with van der Waals surface area (Å²) in [4.78, 5) is 20.3. The third-order valence-corrected chi connectivity index (χ3v) is 5.44. The van der Waals surface area contributed by atoms with Gasteiger partial charge in [0, 0.05) is 16.7 Å². The van der Waals surface area contributed by atoms with Crippen molar-refractivity contribution in [2.24, 2.45) is 4.99 Å². The van der Waals surface area contributed by atoms with E-state index in [1.807, 2.05) is 84.9 Å². The lowest BCUT2D eigenvalue weighted by Crippen LogP contribution is -2.16. The zero-order chi connectivity index (χ0) is 21.4. The van der Waals surface area contributed by atoms with Crippen molar-refractivity contribution in [3.8, 4) is 11.6 Å². The van der Waals surface area contributed by atoms with Gasteiger partial charge in [-0.2, -0.15) is 0 Å². The summed E-state index contributed by atoms with van der Waals surface area (Å²) in [7, 11) is 0. The van der Waals surface area contributed by atoms with Crippen LogP contribution in [0.25, 0.3) is 17.3 Å². The van der Waals surface area contributed by atoms with Gasteiger partial charge in [-0.05, 0) is 36.5 Å². The first-order chi connectivity index (χ1) is 15.1. The predicted octanol–water partition coefficient (Wildman–Crippen LogP) is 5.28. The molecule has 6 heteroatoms. The van der Waals surface area contributed by atoms with Gasteiger partial charge in [-0.1, -0.05) is 66.7 Å². The highest BCUT2D eigenvalue weighted by atomic mass is 32.1. The molecule has 3 aromatic carbocycles. The Bertz CT molecular complexity index is 1470. The highest BCUT2D eigenvalue weighted by molar-refractivity contribution is 7.71. The number of H-pyrrole nitrogens is 1. The van der Waals surface area contributed by atoms with E-state index in [-0.39, 0.29) is 16.2 Å². The van der Waals surface area contributed by atoms with Crippen molar-refractivity contribution in [2.75, 3.05) is 0 Å². The molecular formula is C25H17N3O2S. The summed E-state index contributed by atoms with van der Waals surface area (Å²) in [5.41, 5.74) is 4.47. The van der Waals surface area contributed by atoms with Crippen LogP contribution >= 0.6 is 12.2 Å². The molecule has 1 aliphatic heterocycles. The zero-order valence-electron chi connectivity index (χ0n) is 16.3. The van der Waals surface area contributed by atoms with E-state index in [2.05, 4.69) is 4.98 Å². The van der Waals surface area contributed by atoms with E-state index < -0.39 is 5.56 Å². The Balaban J connectivity index is 1.76. The van der Waals surface area contributed by atoms with Crippen molar-refractivity contribution in [3.63, 3.8) is 0 Å². The predicted molar refractivity (Wildman–Crippen MR) is 126 cm³/mol. The summed E-state index contributed by atoms with van der Waals surface area (Å²) in [6.07, 6.45) is 1.68. The van der Waals surface area contributed by atoms with Gasteiger partial charge in [0.05, 0.1) is 17.1 Å².